The molecule has 6 aliphatic rings. The Morgan fingerprint density at radius 3 is 2.35 bits per heavy atom. The van der Waals surface area contributed by atoms with Crippen molar-refractivity contribution < 1.29 is 24.5 Å². The van der Waals surface area contributed by atoms with Gasteiger partial charge in [0.1, 0.15) is 5.76 Å². The van der Waals surface area contributed by atoms with Crippen molar-refractivity contribution in [2.45, 2.75) is 99.3 Å². The smallest absolute Gasteiger partial charge is 0.305 e. The Bertz CT molecular complexity index is 1990. The predicted molar refractivity (Wildman–Crippen MR) is 193 cm³/mol. The van der Waals surface area contributed by atoms with Gasteiger partial charge in [-0.1, -0.05) is 32.6 Å². The number of aliphatic imine (C=N–C) groups is 3. The fraction of sp³-hybridized carbons (Fsp3) is 0.439. The normalized spacial score (nSPS) is 22.9. The maximum absolute atomic E-state index is 12.4. The van der Waals surface area contributed by atoms with Crippen LogP contribution in [0.5, 0.6) is 0 Å². The molecule has 8 heteroatoms. The molecular weight excluding hydrogens is 614 g/mol. The molecule has 2 atom stereocenters. The van der Waals surface area contributed by atoms with Crippen LogP contribution in [0.25, 0.3) is 0 Å². The second-order valence-corrected chi connectivity index (χ2v) is 13.5. The van der Waals surface area contributed by atoms with Gasteiger partial charge in [0.25, 0.3) is 0 Å². The van der Waals surface area contributed by atoms with E-state index in [4.69, 9.17) is 19.7 Å². The quantitative estimate of drug-likeness (QED) is 0.154. The number of carbonyl (C=O) groups excluding carboxylic acids is 1. The summed E-state index contributed by atoms with van der Waals surface area (Å²) in [6, 6.07) is 0. The SMILES string of the molecule is CCC1=C(C)C2=NC1=CC1=C(C)C3=C(O)CC(=C3C1)C1=NC(=C(C#CCCCC(=O)O)C3=NC(=C2)C(CC)=C3C)[C@@H](C)[C@@H]1CCC(=O)OC. The second kappa shape index (κ2) is 13.6. The van der Waals surface area contributed by atoms with Crippen molar-refractivity contribution in [1.29, 1.82) is 0 Å². The summed E-state index contributed by atoms with van der Waals surface area (Å²) >= 11 is 0. The highest BCUT2D eigenvalue weighted by Crippen LogP contribution is 2.50. The van der Waals surface area contributed by atoms with Gasteiger partial charge in [-0.2, -0.15) is 0 Å². The Balaban J connectivity index is 1.62. The zero-order valence-electron chi connectivity index (χ0n) is 29.6. The predicted octanol–water partition coefficient (Wildman–Crippen LogP) is 8.54. The first-order valence-electron chi connectivity index (χ1n) is 17.5. The van der Waals surface area contributed by atoms with Crippen LogP contribution in [0.1, 0.15) is 99.3 Å². The highest BCUT2D eigenvalue weighted by molar-refractivity contribution is 6.20. The van der Waals surface area contributed by atoms with Gasteiger partial charge in [0.05, 0.1) is 41.2 Å². The monoisotopic (exact) mass is 659 g/mol. The zero-order chi connectivity index (χ0) is 35.1. The van der Waals surface area contributed by atoms with E-state index in [1.807, 2.05) is 0 Å². The third-order valence-corrected chi connectivity index (χ3v) is 10.8. The number of fused-ring (bicyclic) bond motifs is 5. The van der Waals surface area contributed by atoms with Gasteiger partial charge < -0.3 is 14.9 Å². The first kappa shape index (κ1) is 34.1. The van der Waals surface area contributed by atoms with Crippen molar-refractivity contribution >= 4 is 29.1 Å². The van der Waals surface area contributed by atoms with Crippen LogP contribution < -0.4 is 0 Å². The topological polar surface area (TPSA) is 121 Å². The van der Waals surface area contributed by atoms with Crippen molar-refractivity contribution in [2.24, 2.45) is 26.8 Å². The van der Waals surface area contributed by atoms with Gasteiger partial charge >= 0.3 is 11.9 Å². The van der Waals surface area contributed by atoms with Gasteiger partial charge in [-0.25, -0.2) is 9.98 Å². The summed E-state index contributed by atoms with van der Waals surface area (Å²) in [5.74, 6) is 5.72. The van der Waals surface area contributed by atoms with Gasteiger partial charge in [0.2, 0.25) is 0 Å². The minimum atomic E-state index is -0.840. The van der Waals surface area contributed by atoms with Crippen LogP contribution in [0.4, 0.5) is 0 Å². The highest BCUT2D eigenvalue weighted by Gasteiger charge is 2.42. The molecule has 8 nitrogen and oxygen atoms in total. The van der Waals surface area contributed by atoms with Crippen LogP contribution in [0.15, 0.2) is 106 Å². The molecule has 8 bridgehead atoms. The number of hydrogen-bond donors (Lipinski definition) is 2. The molecule has 0 saturated heterocycles. The molecule has 0 aromatic carbocycles. The number of methoxy groups -OCH3 is 1. The number of rotatable bonds is 8. The maximum Gasteiger partial charge on any atom is 0.305 e. The van der Waals surface area contributed by atoms with E-state index in [9.17, 15) is 19.8 Å². The van der Waals surface area contributed by atoms with Crippen molar-refractivity contribution in [3.8, 4) is 11.8 Å². The number of ether oxygens (including phenoxy) is 1. The summed E-state index contributed by atoms with van der Waals surface area (Å²) in [7, 11) is 1.41. The molecule has 4 heterocycles. The van der Waals surface area contributed by atoms with Crippen LogP contribution in [0.2, 0.25) is 0 Å². The molecule has 0 aromatic heterocycles. The second-order valence-electron chi connectivity index (χ2n) is 13.5. The summed E-state index contributed by atoms with van der Waals surface area (Å²) in [5.41, 5.74) is 15.7. The molecule has 2 aliphatic carbocycles. The molecule has 2 N–H and O–H groups in total. The van der Waals surface area contributed by atoms with Crippen LogP contribution in [0, 0.1) is 23.7 Å². The molecular formula is C41H45N3O5. The lowest BCUT2D eigenvalue weighted by Gasteiger charge is -2.20. The number of carboxylic acids is 1. The molecule has 0 fully saturated rings. The molecule has 0 saturated carbocycles. The van der Waals surface area contributed by atoms with Gasteiger partial charge in [-0.05, 0) is 110 Å². The van der Waals surface area contributed by atoms with Crippen LogP contribution in [-0.2, 0) is 14.3 Å². The standard InChI is InChI=1S/C41H45N3O5/c1-8-26-22(4)32-20-34-27(9-2)23(5)39(43-34)29(13-11-10-12-14-36(46)47)40-24(6)28(15-16-37(48)49-7)41(44-40)31-19-35(45)38-21(3)25(17-30(31)38)18-33(26)42-32/h18,20,24,28,45H,8-10,12,14-17,19H2,1-7H3,(H,46,47)/t24-,28-/m0/s1. The van der Waals surface area contributed by atoms with E-state index in [2.05, 4.69) is 65.5 Å². The third kappa shape index (κ3) is 6.05. The van der Waals surface area contributed by atoms with Gasteiger partial charge in [-0.3, -0.25) is 14.6 Å². The maximum atomic E-state index is 12.4. The lowest BCUT2D eigenvalue weighted by atomic mass is 9.81. The molecule has 254 valence electrons. The van der Waals surface area contributed by atoms with Gasteiger partial charge in [-0.15, -0.1) is 0 Å². The number of aliphatic hydroxyl groups excluding tert-OH is 1. The molecule has 0 aromatic rings. The first-order valence-corrected chi connectivity index (χ1v) is 17.5. The Labute approximate surface area is 288 Å². The van der Waals surface area contributed by atoms with E-state index in [0.717, 1.165) is 97.2 Å². The van der Waals surface area contributed by atoms with E-state index in [0.29, 0.717) is 37.9 Å². The molecule has 4 aliphatic heterocycles. The van der Waals surface area contributed by atoms with E-state index in [1.54, 1.807) is 0 Å². The molecule has 0 spiro atoms. The zero-order valence-corrected chi connectivity index (χ0v) is 29.6. The summed E-state index contributed by atoms with van der Waals surface area (Å²) < 4.78 is 5.04. The molecule has 0 unspecified atom stereocenters. The lowest BCUT2D eigenvalue weighted by molar-refractivity contribution is -0.141. The number of aliphatic carboxylic acids is 1. The fourth-order valence-electron chi connectivity index (χ4n) is 8.06. The van der Waals surface area contributed by atoms with Crippen molar-refractivity contribution in [3.05, 3.63) is 90.7 Å². The number of carboxylic acid groups (broad SMARTS) is 1. The minimum Gasteiger partial charge on any atom is -0.511 e. The van der Waals surface area contributed by atoms with E-state index >= 15 is 0 Å². The molecule has 49 heavy (non-hydrogen) atoms. The fourth-order valence-corrected chi connectivity index (χ4v) is 8.06. The largest absolute Gasteiger partial charge is 0.511 e. The Hall–Kier alpha value is -4.77. The lowest BCUT2D eigenvalue weighted by Crippen LogP contribution is -2.21. The average molecular weight is 660 g/mol. The number of esters is 1. The van der Waals surface area contributed by atoms with E-state index in [-0.39, 0.29) is 30.6 Å². The Kier molecular flexibility index (Phi) is 9.48. The van der Waals surface area contributed by atoms with Crippen molar-refractivity contribution in [3.63, 3.8) is 0 Å². The molecule has 0 amide bonds. The number of nitrogens with zero attached hydrogens (tertiary/aromatic N) is 3. The van der Waals surface area contributed by atoms with Gasteiger partial charge in [0.15, 0.2) is 0 Å². The molecule has 6 rings (SSSR count). The van der Waals surface area contributed by atoms with Gasteiger partial charge in [0, 0.05) is 48.8 Å². The van der Waals surface area contributed by atoms with E-state index < -0.39 is 5.97 Å². The number of carbonyl (C=O) groups is 2. The average Bonchev–Trinajstić information content (AvgIpc) is 3.83. The molecule has 0 radical (unpaired) electrons. The third-order valence-electron chi connectivity index (χ3n) is 10.8. The van der Waals surface area contributed by atoms with Crippen LogP contribution in [-0.4, -0.2) is 46.4 Å². The summed E-state index contributed by atoms with van der Waals surface area (Å²) in [5, 5.41) is 20.6. The Morgan fingerprint density at radius 1 is 0.939 bits per heavy atom. The number of aliphatic hydroxyl groups is 1. The number of hydrogen-bond acceptors (Lipinski definition) is 7. The summed E-state index contributed by atoms with van der Waals surface area (Å²) in [6.07, 6.45) is 8.70. The first-order chi connectivity index (χ1) is 23.5. The minimum absolute atomic E-state index is 0.0536. The Morgan fingerprint density at radius 2 is 1.65 bits per heavy atom. The van der Waals surface area contributed by atoms with Crippen molar-refractivity contribution in [2.75, 3.05) is 7.11 Å². The summed E-state index contributed by atoms with van der Waals surface area (Å²) in [4.78, 5) is 39.4. The highest BCUT2D eigenvalue weighted by atomic mass is 16.5. The van der Waals surface area contributed by atoms with E-state index in [1.165, 1.54) is 12.7 Å². The van der Waals surface area contributed by atoms with Crippen molar-refractivity contribution in [1.82, 2.24) is 0 Å². The van der Waals surface area contributed by atoms with Crippen LogP contribution in [0.3, 0.4) is 0 Å². The number of unbranched alkanes of at least 4 members (excludes halogenated alkanes) is 1. The van der Waals surface area contributed by atoms with Crippen LogP contribution >= 0.6 is 0 Å². The summed E-state index contributed by atoms with van der Waals surface area (Å²) in [6.45, 7) is 12.7. The number of allylic oxidation sites excluding steroid dienone is 13.